The number of halogens is 2. The molecule has 2 unspecified atom stereocenters. The molecule has 0 amide bonds. The van der Waals surface area contributed by atoms with Crippen LogP contribution in [0.4, 0.5) is 0 Å². The van der Waals surface area contributed by atoms with Gasteiger partial charge in [-0.25, -0.2) is 0 Å². The molecular formula is C13H17BrClNO2. The molecule has 0 radical (unpaired) electrons. The summed E-state index contributed by atoms with van der Waals surface area (Å²) in [7, 11) is 0. The van der Waals surface area contributed by atoms with E-state index in [0.717, 1.165) is 29.5 Å². The van der Waals surface area contributed by atoms with Gasteiger partial charge in [0.1, 0.15) is 0 Å². The molecule has 1 aromatic rings. The van der Waals surface area contributed by atoms with E-state index < -0.39 is 11.5 Å². The Hall–Kier alpha value is -0.130. The monoisotopic (exact) mass is 333 g/mol. The molecule has 0 aliphatic carbocycles. The predicted octanol–water partition coefficient (Wildman–Crippen LogP) is 2.89. The first kappa shape index (κ1) is 14.3. The lowest BCUT2D eigenvalue weighted by Crippen LogP contribution is -2.43. The Morgan fingerprint density at radius 2 is 2.33 bits per heavy atom. The summed E-state index contributed by atoms with van der Waals surface area (Å²) in [4.78, 5) is 0. The average Bonchev–Trinajstić information content (AvgIpc) is 2.39. The van der Waals surface area contributed by atoms with Gasteiger partial charge < -0.3 is 15.6 Å². The SMILES string of the molecule is NCC1(C(O)c2ccc(Br)cc2Cl)CCCOC1. The van der Waals surface area contributed by atoms with Crippen molar-refractivity contribution in [3.8, 4) is 0 Å². The fraction of sp³-hybridized carbons (Fsp3) is 0.538. The lowest BCUT2D eigenvalue weighted by Gasteiger charge is -2.40. The Morgan fingerprint density at radius 1 is 1.56 bits per heavy atom. The molecule has 1 saturated heterocycles. The Morgan fingerprint density at radius 3 is 2.89 bits per heavy atom. The van der Waals surface area contributed by atoms with E-state index >= 15 is 0 Å². The third kappa shape index (κ3) is 2.73. The Balaban J connectivity index is 2.30. The fourth-order valence-corrected chi connectivity index (χ4v) is 3.19. The largest absolute Gasteiger partial charge is 0.388 e. The van der Waals surface area contributed by atoms with Gasteiger partial charge in [-0.05, 0) is 30.5 Å². The molecule has 0 saturated carbocycles. The first-order chi connectivity index (χ1) is 8.59. The maximum absolute atomic E-state index is 10.6. The standard InChI is InChI=1S/C13H17BrClNO2/c14-9-2-3-10(11(15)6-9)12(17)13(7-16)4-1-5-18-8-13/h2-3,6,12,17H,1,4-5,7-8,16H2. The number of benzene rings is 1. The van der Waals surface area contributed by atoms with E-state index in [1.165, 1.54) is 0 Å². The topological polar surface area (TPSA) is 55.5 Å². The number of nitrogens with two attached hydrogens (primary N) is 1. The summed E-state index contributed by atoms with van der Waals surface area (Å²) >= 11 is 9.55. The van der Waals surface area contributed by atoms with Crippen LogP contribution in [0.1, 0.15) is 24.5 Å². The smallest absolute Gasteiger partial charge is 0.0894 e. The maximum Gasteiger partial charge on any atom is 0.0894 e. The number of hydrogen-bond donors (Lipinski definition) is 2. The van der Waals surface area contributed by atoms with E-state index in [4.69, 9.17) is 22.1 Å². The lowest BCUT2D eigenvalue weighted by atomic mass is 9.75. The van der Waals surface area contributed by atoms with Crippen LogP contribution in [0.25, 0.3) is 0 Å². The molecule has 2 atom stereocenters. The molecule has 0 spiro atoms. The zero-order valence-corrected chi connectivity index (χ0v) is 12.4. The predicted molar refractivity (Wildman–Crippen MR) is 75.7 cm³/mol. The van der Waals surface area contributed by atoms with Gasteiger partial charge in [-0.2, -0.15) is 0 Å². The van der Waals surface area contributed by atoms with Gasteiger partial charge in [-0.1, -0.05) is 33.6 Å². The lowest BCUT2D eigenvalue weighted by molar-refractivity contribution is -0.0781. The highest BCUT2D eigenvalue weighted by Gasteiger charge is 2.40. The van der Waals surface area contributed by atoms with Crippen molar-refractivity contribution in [2.45, 2.75) is 18.9 Å². The summed E-state index contributed by atoms with van der Waals surface area (Å²) in [5.41, 5.74) is 6.16. The highest BCUT2D eigenvalue weighted by Crippen LogP contribution is 2.42. The van der Waals surface area contributed by atoms with E-state index in [0.29, 0.717) is 18.2 Å². The van der Waals surface area contributed by atoms with Crippen LogP contribution in [0.2, 0.25) is 5.02 Å². The van der Waals surface area contributed by atoms with Crippen molar-refractivity contribution in [1.29, 1.82) is 0 Å². The van der Waals surface area contributed by atoms with Crippen LogP contribution in [0.5, 0.6) is 0 Å². The van der Waals surface area contributed by atoms with E-state index in [1.54, 1.807) is 6.07 Å². The van der Waals surface area contributed by atoms with Crippen molar-refractivity contribution >= 4 is 27.5 Å². The van der Waals surface area contributed by atoms with Crippen molar-refractivity contribution in [2.24, 2.45) is 11.1 Å². The minimum absolute atomic E-state index is 0.389. The molecule has 1 heterocycles. The van der Waals surface area contributed by atoms with Gasteiger partial charge in [0.15, 0.2) is 0 Å². The molecule has 1 aromatic carbocycles. The minimum Gasteiger partial charge on any atom is -0.388 e. The van der Waals surface area contributed by atoms with Crippen molar-refractivity contribution < 1.29 is 9.84 Å². The Kier molecular flexibility index (Phi) is 4.67. The maximum atomic E-state index is 10.6. The summed E-state index contributed by atoms with van der Waals surface area (Å²) in [5, 5.41) is 11.2. The van der Waals surface area contributed by atoms with Crippen molar-refractivity contribution in [3.05, 3.63) is 33.3 Å². The molecule has 0 aromatic heterocycles. The zero-order valence-electron chi connectivity index (χ0n) is 10.0. The third-order valence-corrected chi connectivity index (χ3v) is 4.42. The molecule has 5 heteroatoms. The Labute approximate surface area is 120 Å². The third-order valence-electron chi connectivity index (χ3n) is 3.60. The molecule has 1 aliphatic heterocycles. The summed E-state index contributed by atoms with van der Waals surface area (Å²) in [6, 6.07) is 5.50. The van der Waals surface area contributed by atoms with Gasteiger partial charge in [0.05, 0.1) is 12.7 Å². The van der Waals surface area contributed by atoms with Crippen LogP contribution in [0.3, 0.4) is 0 Å². The molecule has 3 N–H and O–H groups in total. The normalized spacial score (nSPS) is 26.0. The second-order valence-corrected chi connectivity index (χ2v) is 6.11. The number of aliphatic hydroxyl groups is 1. The number of rotatable bonds is 3. The molecule has 1 fully saturated rings. The number of ether oxygens (including phenoxy) is 1. The van der Waals surface area contributed by atoms with Crippen LogP contribution in [0.15, 0.2) is 22.7 Å². The van der Waals surface area contributed by atoms with Gasteiger partial charge in [-0.15, -0.1) is 0 Å². The molecule has 1 aliphatic rings. The summed E-state index contributed by atoms with van der Waals surface area (Å²) in [6.07, 6.45) is 1.09. The average molecular weight is 335 g/mol. The number of aliphatic hydroxyl groups excluding tert-OH is 1. The first-order valence-electron chi connectivity index (χ1n) is 6.00. The molecule has 18 heavy (non-hydrogen) atoms. The van der Waals surface area contributed by atoms with Crippen molar-refractivity contribution in [2.75, 3.05) is 19.8 Å². The van der Waals surface area contributed by atoms with Gasteiger partial charge in [-0.3, -0.25) is 0 Å². The van der Waals surface area contributed by atoms with Gasteiger partial charge in [0, 0.05) is 28.1 Å². The summed E-state index contributed by atoms with van der Waals surface area (Å²) in [6.45, 7) is 1.61. The molecule has 2 rings (SSSR count). The molecule has 3 nitrogen and oxygen atoms in total. The number of hydrogen-bond acceptors (Lipinski definition) is 3. The molecular weight excluding hydrogens is 318 g/mol. The highest BCUT2D eigenvalue weighted by molar-refractivity contribution is 9.10. The highest BCUT2D eigenvalue weighted by atomic mass is 79.9. The van der Waals surface area contributed by atoms with E-state index in [9.17, 15) is 5.11 Å². The van der Waals surface area contributed by atoms with E-state index in [1.807, 2.05) is 12.1 Å². The van der Waals surface area contributed by atoms with E-state index in [-0.39, 0.29) is 0 Å². The van der Waals surface area contributed by atoms with Gasteiger partial charge in [0.25, 0.3) is 0 Å². The van der Waals surface area contributed by atoms with E-state index in [2.05, 4.69) is 15.9 Å². The minimum atomic E-state index is -0.691. The quantitative estimate of drug-likeness (QED) is 0.893. The van der Waals surface area contributed by atoms with Gasteiger partial charge >= 0.3 is 0 Å². The van der Waals surface area contributed by atoms with Gasteiger partial charge in [0.2, 0.25) is 0 Å². The first-order valence-corrected chi connectivity index (χ1v) is 7.17. The Bertz CT molecular complexity index is 421. The molecule has 100 valence electrons. The van der Waals surface area contributed by atoms with Crippen LogP contribution < -0.4 is 5.73 Å². The van der Waals surface area contributed by atoms with Crippen LogP contribution in [-0.4, -0.2) is 24.9 Å². The second kappa shape index (κ2) is 5.88. The second-order valence-electron chi connectivity index (χ2n) is 4.79. The van der Waals surface area contributed by atoms with Crippen LogP contribution >= 0.6 is 27.5 Å². The zero-order chi connectivity index (χ0) is 13.2. The van der Waals surface area contributed by atoms with Crippen LogP contribution in [0, 0.1) is 5.41 Å². The van der Waals surface area contributed by atoms with Crippen LogP contribution in [-0.2, 0) is 4.74 Å². The fourth-order valence-electron chi connectivity index (χ4n) is 2.42. The van der Waals surface area contributed by atoms with Crippen molar-refractivity contribution in [1.82, 2.24) is 0 Å². The molecule has 0 bridgehead atoms. The van der Waals surface area contributed by atoms with Crippen molar-refractivity contribution in [3.63, 3.8) is 0 Å². The summed E-state index contributed by atoms with van der Waals surface area (Å²) < 4.78 is 6.38. The summed E-state index contributed by atoms with van der Waals surface area (Å²) in [5.74, 6) is 0.